The summed E-state index contributed by atoms with van der Waals surface area (Å²) in [4.78, 5) is 9.31. The molecule has 2 rings (SSSR count). The molecule has 0 aliphatic rings. The molecule has 2 aromatic rings. The molecule has 0 radical (unpaired) electrons. The lowest BCUT2D eigenvalue weighted by atomic mass is 9.91. The molecule has 1 aromatic heterocycles. The molecule has 6 N–H and O–H groups in total. The first-order valence-electron chi connectivity index (χ1n) is 9.84. The van der Waals surface area contributed by atoms with Crippen molar-refractivity contribution in [3.63, 3.8) is 0 Å². The van der Waals surface area contributed by atoms with Crippen LogP contribution >= 0.6 is 20.6 Å². The monoisotopic (exact) mass is 491 g/mol. The molecule has 1 aromatic carbocycles. The molecule has 2 unspecified atom stereocenters. The molecular formula is C21H30F4N5PS. The van der Waals surface area contributed by atoms with Gasteiger partial charge in [-0.3, -0.25) is 0 Å². The van der Waals surface area contributed by atoms with Crippen molar-refractivity contribution < 1.29 is 17.6 Å². The van der Waals surface area contributed by atoms with Gasteiger partial charge in [0.25, 0.3) is 11.6 Å². The number of aliphatic imine (C=N–C) groups is 1. The van der Waals surface area contributed by atoms with E-state index in [1.807, 2.05) is 13.8 Å². The van der Waals surface area contributed by atoms with Gasteiger partial charge in [0, 0.05) is 22.9 Å². The molecular weight excluding hydrogens is 461 g/mol. The van der Waals surface area contributed by atoms with Gasteiger partial charge in [-0.25, -0.2) is 13.8 Å². The summed E-state index contributed by atoms with van der Waals surface area (Å²) in [7, 11) is 1.40. The minimum Gasteiger partial charge on any atom is -0.405 e. The maximum Gasteiger partial charge on any atom is 0.283 e. The summed E-state index contributed by atoms with van der Waals surface area (Å²) >= 11 is 1.31. The smallest absolute Gasteiger partial charge is 0.283 e. The summed E-state index contributed by atoms with van der Waals surface area (Å²) in [6, 6.07) is 3.43. The fourth-order valence-electron chi connectivity index (χ4n) is 2.90. The van der Waals surface area contributed by atoms with E-state index in [0.29, 0.717) is 30.5 Å². The summed E-state index contributed by atoms with van der Waals surface area (Å²) in [6.45, 7) is 7.66. The summed E-state index contributed by atoms with van der Waals surface area (Å²) in [5.74, 6) is -3.61. The van der Waals surface area contributed by atoms with Crippen molar-refractivity contribution in [2.24, 2.45) is 22.2 Å². The Hall–Kier alpha value is -2.19. The van der Waals surface area contributed by atoms with E-state index >= 15 is 0 Å². The largest absolute Gasteiger partial charge is 0.405 e. The number of guanidine groups is 1. The van der Waals surface area contributed by atoms with Crippen LogP contribution in [-0.2, 0) is 24.4 Å². The second-order valence-corrected chi connectivity index (χ2v) is 9.14. The number of nitrogens with two attached hydrogens (primary N) is 3. The van der Waals surface area contributed by atoms with Crippen molar-refractivity contribution in [2.75, 3.05) is 0 Å². The van der Waals surface area contributed by atoms with Gasteiger partial charge in [-0.15, -0.1) is 0 Å². The third kappa shape index (κ3) is 8.39. The van der Waals surface area contributed by atoms with Gasteiger partial charge >= 0.3 is 0 Å². The lowest BCUT2D eigenvalue weighted by Gasteiger charge is -2.20. The van der Waals surface area contributed by atoms with E-state index < -0.39 is 22.7 Å². The molecule has 0 saturated carbocycles. The maximum atomic E-state index is 13.9. The Labute approximate surface area is 192 Å². The van der Waals surface area contributed by atoms with Crippen molar-refractivity contribution in [3.05, 3.63) is 58.2 Å². The lowest BCUT2D eigenvalue weighted by Crippen LogP contribution is -2.21. The number of hydrogen-bond acceptors (Lipinski definition) is 4. The van der Waals surface area contributed by atoms with Crippen LogP contribution in [0.15, 0.2) is 36.0 Å². The van der Waals surface area contributed by atoms with Crippen LogP contribution in [0.5, 0.6) is 0 Å². The maximum absolute atomic E-state index is 13.9. The van der Waals surface area contributed by atoms with E-state index in [0.717, 1.165) is 23.1 Å². The zero-order chi connectivity index (χ0) is 24.7. The number of halogens is 4. The number of aryl methyl sites for hydroxylation is 1. The Balaban J connectivity index is 0.00000161. The molecule has 0 aliphatic carbocycles. The molecule has 0 amide bonds. The van der Waals surface area contributed by atoms with Crippen LogP contribution in [0.1, 0.15) is 60.4 Å². The quantitative estimate of drug-likeness (QED) is 0.197. The minimum absolute atomic E-state index is 0.105. The summed E-state index contributed by atoms with van der Waals surface area (Å²) in [6.07, 6.45) is 3.27. The molecule has 1 heterocycles. The van der Waals surface area contributed by atoms with Gasteiger partial charge in [-0.2, -0.15) is 13.8 Å². The first-order chi connectivity index (χ1) is 14.7. The fraction of sp³-hybridized carbons (Fsp3) is 0.429. The van der Waals surface area contributed by atoms with Crippen LogP contribution in [0.2, 0.25) is 0 Å². The molecule has 178 valence electrons. The highest BCUT2D eigenvalue weighted by molar-refractivity contribution is 7.17. The highest BCUT2D eigenvalue weighted by atomic mass is 32.1. The zero-order valence-corrected chi connectivity index (χ0v) is 20.3. The highest BCUT2D eigenvalue weighted by Gasteiger charge is 2.31. The van der Waals surface area contributed by atoms with E-state index in [9.17, 15) is 17.6 Å². The van der Waals surface area contributed by atoms with Crippen molar-refractivity contribution in [1.82, 2.24) is 4.98 Å². The Bertz CT molecular complexity index is 899. The average Bonchev–Trinajstić information content (AvgIpc) is 3.01. The molecule has 0 fully saturated rings. The molecule has 11 heteroatoms. The number of alkyl halides is 4. The number of nitrogens with zero attached hydrogens (tertiary/aromatic N) is 2. The zero-order valence-electron chi connectivity index (χ0n) is 18.3. The van der Waals surface area contributed by atoms with Crippen molar-refractivity contribution in [1.29, 1.82) is 0 Å². The third-order valence-corrected chi connectivity index (χ3v) is 5.73. The topological polar surface area (TPSA) is 103 Å². The Kier molecular flexibility index (Phi) is 10.1. The number of hydrogen-bond donors (Lipinski definition) is 3. The van der Waals surface area contributed by atoms with E-state index in [-0.39, 0.29) is 11.9 Å². The van der Waals surface area contributed by atoms with Crippen LogP contribution in [0.25, 0.3) is 0 Å². The molecule has 0 saturated heterocycles. The van der Waals surface area contributed by atoms with Crippen LogP contribution in [0.4, 0.5) is 22.7 Å². The van der Waals surface area contributed by atoms with E-state index in [4.69, 9.17) is 11.5 Å². The van der Waals surface area contributed by atoms with Gasteiger partial charge in [0.05, 0.1) is 5.69 Å². The van der Waals surface area contributed by atoms with Gasteiger partial charge in [0.1, 0.15) is 0 Å². The summed E-state index contributed by atoms with van der Waals surface area (Å²) in [5.41, 5.74) is 12.5. The van der Waals surface area contributed by atoms with Crippen LogP contribution in [0.3, 0.4) is 0 Å². The lowest BCUT2D eigenvalue weighted by molar-refractivity contribution is 0.0168. The SMILES string of the molecule is C=CN.CCCc1nc(N=C(N)N)sc1CC(C)c1cc(C(C)(F)F)cc(C(F)(F)P)c1. The van der Waals surface area contributed by atoms with Gasteiger partial charge in [-0.05, 0) is 48.7 Å². The molecule has 5 nitrogen and oxygen atoms in total. The molecule has 32 heavy (non-hydrogen) atoms. The normalized spacial score (nSPS) is 12.5. The van der Waals surface area contributed by atoms with E-state index in [1.54, 1.807) is 0 Å². The predicted octanol–water partition coefficient (Wildman–Crippen LogP) is 5.47. The van der Waals surface area contributed by atoms with Crippen molar-refractivity contribution in [3.8, 4) is 0 Å². The number of benzene rings is 1. The van der Waals surface area contributed by atoms with Gasteiger partial charge in [0.2, 0.25) is 5.13 Å². The minimum atomic E-state index is -3.30. The van der Waals surface area contributed by atoms with Crippen molar-refractivity contribution in [2.45, 2.75) is 57.5 Å². The summed E-state index contributed by atoms with van der Waals surface area (Å²) < 4.78 is 55.5. The average molecular weight is 492 g/mol. The molecule has 0 bridgehead atoms. The van der Waals surface area contributed by atoms with Crippen LogP contribution in [-0.4, -0.2) is 10.9 Å². The van der Waals surface area contributed by atoms with Gasteiger partial charge in [0.15, 0.2) is 5.96 Å². The first kappa shape index (κ1) is 27.8. The van der Waals surface area contributed by atoms with Crippen molar-refractivity contribution >= 4 is 31.7 Å². The number of rotatable bonds is 8. The number of aromatic nitrogens is 1. The highest BCUT2D eigenvalue weighted by Crippen LogP contribution is 2.40. The molecule has 0 aliphatic heterocycles. The predicted molar refractivity (Wildman–Crippen MR) is 128 cm³/mol. The second kappa shape index (κ2) is 11.6. The Morgan fingerprint density at radius 2 is 1.81 bits per heavy atom. The third-order valence-electron chi connectivity index (χ3n) is 4.39. The van der Waals surface area contributed by atoms with Crippen LogP contribution < -0.4 is 17.2 Å². The van der Waals surface area contributed by atoms with Crippen LogP contribution in [0, 0.1) is 0 Å². The van der Waals surface area contributed by atoms with Gasteiger partial charge in [-0.1, -0.05) is 47.4 Å². The Morgan fingerprint density at radius 3 is 2.28 bits per heavy atom. The van der Waals surface area contributed by atoms with E-state index in [1.165, 1.54) is 38.9 Å². The van der Waals surface area contributed by atoms with Gasteiger partial charge < -0.3 is 17.2 Å². The number of thiazole rings is 1. The Morgan fingerprint density at radius 1 is 1.25 bits per heavy atom. The molecule has 2 atom stereocenters. The fourth-order valence-corrected chi connectivity index (χ4v) is 4.19. The first-order valence-corrected chi connectivity index (χ1v) is 11.2. The molecule has 0 spiro atoms. The standard InChI is InChI=1S/C19H25F4N4PS.C2H5N/c1-4-5-14-15(29-17(26-14)27-16(24)25)6-10(2)11-7-12(18(3,20)21)9-13(8-11)19(22,23)28;1-2-3/h7-10H,4-6,28H2,1-3H3,(H4,24,25,26,27);2H,1,3H2. The summed E-state index contributed by atoms with van der Waals surface area (Å²) in [5, 5.41) is 0.418. The van der Waals surface area contributed by atoms with E-state index in [2.05, 4.69) is 22.3 Å². The second-order valence-electron chi connectivity index (χ2n) is 7.35.